The number of carbonyl (C=O) groups is 1. The van der Waals surface area contributed by atoms with Crippen LogP contribution in [0.25, 0.3) is 23.0 Å². The molecule has 3 aromatic rings. The monoisotopic (exact) mass is 394 g/mol. The smallest absolute Gasteiger partial charge is 0.264 e. The molecule has 8 heteroatoms. The molecule has 29 heavy (non-hydrogen) atoms. The molecule has 0 atom stereocenters. The van der Waals surface area contributed by atoms with E-state index >= 15 is 0 Å². The van der Waals surface area contributed by atoms with Crippen molar-refractivity contribution in [1.29, 1.82) is 0 Å². The van der Waals surface area contributed by atoms with Gasteiger partial charge in [0.25, 0.3) is 5.89 Å². The zero-order valence-corrected chi connectivity index (χ0v) is 16.0. The van der Waals surface area contributed by atoms with Crippen molar-refractivity contribution in [3.63, 3.8) is 0 Å². The molecule has 1 amide bonds. The number of nitrogens with zero attached hydrogens (tertiary/aromatic N) is 4. The molecule has 2 fully saturated rings. The summed E-state index contributed by atoms with van der Waals surface area (Å²) in [6.07, 6.45) is 3.27. The van der Waals surface area contributed by atoms with Crippen LogP contribution in [0, 0.1) is 0 Å². The molecule has 1 aromatic carbocycles. The van der Waals surface area contributed by atoms with Crippen molar-refractivity contribution in [3.8, 4) is 23.0 Å². The molecule has 2 saturated heterocycles. The molecule has 8 nitrogen and oxygen atoms in total. The maximum Gasteiger partial charge on any atom is 0.264 e. The molecule has 0 unspecified atom stereocenters. The van der Waals surface area contributed by atoms with E-state index in [0.29, 0.717) is 50.9 Å². The largest absolute Gasteiger partial charge is 0.415 e. The zero-order chi connectivity index (χ0) is 19.7. The van der Waals surface area contributed by atoms with Crippen LogP contribution in [-0.2, 0) is 20.8 Å². The average Bonchev–Trinajstić information content (AvgIpc) is 3.50. The standard InChI is InChI=1S/C21H22N4O4/c26-18(24-11-8-21(9-12-24)27-13-14-28-21)15-25-10-4-7-17(25)20-23-22-19(29-20)16-5-2-1-3-6-16/h1-7,10H,8-9,11-15H2. The lowest BCUT2D eigenvalue weighted by atomic mass is 10.0. The summed E-state index contributed by atoms with van der Waals surface area (Å²) < 4.78 is 19.2. The summed E-state index contributed by atoms with van der Waals surface area (Å²) in [5, 5.41) is 8.31. The summed E-state index contributed by atoms with van der Waals surface area (Å²) in [5.41, 5.74) is 1.59. The highest BCUT2D eigenvalue weighted by molar-refractivity contribution is 5.77. The Balaban J connectivity index is 1.27. The Hall–Kier alpha value is -2.97. The van der Waals surface area contributed by atoms with E-state index in [2.05, 4.69) is 10.2 Å². The zero-order valence-electron chi connectivity index (χ0n) is 16.0. The van der Waals surface area contributed by atoms with Crippen LogP contribution >= 0.6 is 0 Å². The van der Waals surface area contributed by atoms with Crippen molar-refractivity contribution < 1.29 is 18.7 Å². The second-order valence-corrected chi connectivity index (χ2v) is 7.29. The molecule has 0 bridgehead atoms. The van der Waals surface area contributed by atoms with Gasteiger partial charge in [-0.05, 0) is 24.3 Å². The van der Waals surface area contributed by atoms with Crippen molar-refractivity contribution in [2.75, 3.05) is 26.3 Å². The summed E-state index contributed by atoms with van der Waals surface area (Å²) >= 11 is 0. The Morgan fingerprint density at radius 1 is 0.966 bits per heavy atom. The number of benzene rings is 1. The number of hydrogen-bond donors (Lipinski definition) is 0. The van der Waals surface area contributed by atoms with Crippen LogP contribution in [0.5, 0.6) is 0 Å². The normalized spacial score (nSPS) is 18.4. The molecule has 4 heterocycles. The highest BCUT2D eigenvalue weighted by Crippen LogP contribution is 2.31. The molecular formula is C21H22N4O4. The number of hydrogen-bond acceptors (Lipinski definition) is 6. The van der Waals surface area contributed by atoms with Crippen molar-refractivity contribution >= 4 is 5.91 Å². The highest BCUT2D eigenvalue weighted by atomic mass is 16.7. The molecular weight excluding hydrogens is 372 g/mol. The first kappa shape index (κ1) is 18.1. The van der Waals surface area contributed by atoms with E-state index in [1.165, 1.54) is 0 Å². The van der Waals surface area contributed by atoms with Gasteiger partial charge in [-0.15, -0.1) is 10.2 Å². The fraction of sp³-hybridized carbons (Fsp3) is 0.381. The van der Waals surface area contributed by atoms with Gasteiger partial charge in [0.1, 0.15) is 12.2 Å². The van der Waals surface area contributed by atoms with Gasteiger partial charge in [0.05, 0.1) is 13.2 Å². The minimum absolute atomic E-state index is 0.0538. The van der Waals surface area contributed by atoms with Crippen LogP contribution in [0.2, 0.25) is 0 Å². The molecule has 1 spiro atoms. The number of amides is 1. The maximum atomic E-state index is 12.8. The molecule has 5 rings (SSSR count). The first-order valence-corrected chi connectivity index (χ1v) is 9.83. The van der Waals surface area contributed by atoms with Gasteiger partial charge in [-0.3, -0.25) is 4.79 Å². The Kier molecular flexibility index (Phi) is 4.65. The summed E-state index contributed by atoms with van der Waals surface area (Å²) in [6.45, 7) is 2.76. The van der Waals surface area contributed by atoms with E-state index in [4.69, 9.17) is 13.9 Å². The van der Waals surface area contributed by atoms with Crippen molar-refractivity contribution in [3.05, 3.63) is 48.7 Å². The van der Waals surface area contributed by atoms with Gasteiger partial charge in [0.15, 0.2) is 5.79 Å². The van der Waals surface area contributed by atoms with Gasteiger partial charge < -0.3 is 23.4 Å². The topological polar surface area (TPSA) is 82.6 Å². The number of carbonyl (C=O) groups excluding carboxylic acids is 1. The van der Waals surface area contributed by atoms with Crippen molar-refractivity contribution in [1.82, 2.24) is 19.7 Å². The third kappa shape index (κ3) is 3.56. The Bertz CT molecular complexity index is 981. The lowest BCUT2D eigenvalue weighted by molar-refractivity contribution is -0.187. The van der Waals surface area contributed by atoms with Crippen molar-refractivity contribution in [2.45, 2.75) is 25.2 Å². The van der Waals surface area contributed by atoms with E-state index in [1.807, 2.05) is 58.1 Å². The van der Waals surface area contributed by atoms with E-state index in [0.717, 1.165) is 11.3 Å². The van der Waals surface area contributed by atoms with Crippen LogP contribution in [-0.4, -0.2) is 57.7 Å². The SMILES string of the molecule is O=C(Cn1cccc1-c1nnc(-c2ccccc2)o1)N1CCC2(CC1)OCCO2. The summed E-state index contributed by atoms with van der Waals surface area (Å²) in [6, 6.07) is 13.4. The van der Waals surface area contributed by atoms with Gasteiger partial charge in [0.2, 0.25) is 11.8 Å². The summed E-state index contributed by atoms with van der Waals surface area (Å²) in [7, 11) is 0. The molecule has 2 aliphatic heterocycles. The first-order chi connectivity index (χ1) is 14.2. The minimum Gasteiger partial charge on any atom is -0.415 e. The van der Waals surface area contributed by atoms with Crippen LogP contribution < -0.4 is 0 Å². The van der Waals surface area contributed by atoms with E-state index in [1.54, 1.807) is 0 Å². The van der Waals surface area contributed by atoms with Gasteiger partial charge >= 0.3 is 0 Å². The molecule has 0 N–H and O–H groups in total. The first-order valence-electron chi connectivity index (χ1n) is 9.83. The second-order valence-electron chi connectivity index (χ2n) is 7.29. The molecule has 150 valence electrons. The number of piperidine rings is 1. The highest BCUT2D eigenvalue weighted by Gasteiger charge is 2.40. The molecule has 0 aliphatic carbocycles. The fourth-order valence-corrected chi connectivity index (χ4v) is 3.90. The predicted molar refractivity (Wildman–Crippen MR) is 104 cm³/mol. The van der Waals surface area contributed by atoms with E-state index < -0.39 is 5.79 Å². The van der Waals surface area contributed by atoms with Gasteiger partial charge in [-0.1, -0.05) is 18.2 Å². The van der Waals surface area contributed by atoms with Gasteiger partial charge in [0, 0.05) is 37.7 Å². The Labute approximate surface area is 168 Å². The van der Waals surface area contributed by atoms with Crippen LogP contribution in [0.4, 0.5) is 0 Å². The quantitative estimate of drug-likeness (QED) is 0.676. The van der Waals surface area contributed by atoms with E-state index in [-0.39, 0.29) is 12.5 Å². The van der Waals surface area contributed by atoms with Crippen LogP contribution in [0.1, 0.15) is 12.8 Å². The summed E-state index contributed by atoms with van der Waals surface area (Å²) in [4.78, 5) is 14.7. The number of rotatable bonds is 4. The Morgan fingerprint density at radius 2 is 1.69 bits per heavy atom. The number of ether oxygens (including phenoxy) is 2. The molecule has 0 saturated carbocycles. The molecule has 2 aliphatic rings. The minimum atomic E-state index is -0.479. The Morgan fingerprint density at radius 3 is 2.45 bits per heavy atom. The van der Waals surface area contributed by atoms with E-state index in [9.17, 15) is 4.79 Å². The van der Waals surface area contributed by atoms with Gasteiger partial charge in [-0.25, -0.2) is 0 Å². The lowest BCUT2D eigenvalue weighted by Gasteiger charge is -2.37. The van der Waals surface area contributed by atoms with Crippen molar-refractivity contribution in [2.24, 2.45) is 0 Å². The number of aromatic nitrogens is 3. The maximum absolute atomic E-state index is 12.8. The molecule has 0 radical (unpaired) electrons. The van der Waals surface area contributed by atoms with Crippen LogP contribution in [0.15, 0.2) is 53.1 Å². The van der Waals surface area contributed by atoms with Crippen LogP contribution in [0.3, 0.4) is 0 Å². The third-order valence-corrected chi connectivity index (χ3v) is 5.49. The molecule has 2 aromatic heterocycles. The second kappa shape index (κ2) is 7.46. The number of likely N-dealkylation sites (tertiary alicyclic amines) is 1. The van der Waals surface area contributed by atoms with Gasteiger partial charge in [-0.2, -0.15) is 0 Å². The third-order valence-electron chi connectivity index (χ3n) is 5.49. The fourth-order valence-electron chi connectivity index (χ4n) is 3.90. The predicted octanol–water partition coefficient (Wildman–Crippen LogP) is 2.57. The lowest BCUT2D eigenvalue weighted by Crippen LogP contribution is -2.48. The summed E-state index contributed by atoms with van der Waals surface area (Å²) in [5.74, 6) is 0.426. The average molecular weight is 394 g/mol.